The fourth-order valence-electron chi connectivity index (χ4n) is 2.86. The first-order valence-electron chi connectivity index (χ1n) is 9.81. The molecule has 162 valence electrons. The minimum Gasteiger partial charge on any atom is -0.497 e. The Balaban J connectivity index is 0.00000320. The summed E-state index contributed by atoms with van der Waals surface area (Å²) in [5.74, 6) is 2.57. The number of halogens is 1. The van der Waals surface area contributed by atoms with Crippen LogP contribution in [0.2, 0.25) is 0 Å². The summed E-state index contributed by atoms with van der Waals surface area (Å²) >= 11 is 0. The molecule has 0 saturated heterocycles. The van der Waals surface area contributed by atoms with Gasteiger partial charge >= 0.3 is 0 Å². The second-order valence-corrected chi connectivity index (χ2v) is 6.37. The number of ether oxygens (including phenoxy) is 1. The van der Waals surface area contributed by atoms with Gasteiger partial charge in [0.1, 0.15) is 17.9 Å². The third-order valence-electron chi connectivity index (χ3n) is 4.38. The first kappa shape index (κ1) is 23.6. The predicted octanol–water partition coefficient (Wildman–Crippen LogP) is 2.41. The van der Waals surface area contributed by atoms with Gasteiger partial charge in [0.15, 0.2) is 5.96 Å². The molecule has 0 radical (unpaired) electrons. The highest BCUT2D eigenvalue weighted by Crippen LogP contribution is 2.14. The predicted molar refractivity (Wildman–Crippen MR) is 128 cm³/mol. The lowest BCUT2D eigenvalue weighted by atomic mass is 10.3. The topological polar surface area (TPSA) is 94.2 Å². The number of hydrogen-bond donors (Lipinski definition) is 2. The first-order chi connectivity index (χ1) is 14.2. The summed E-state index contributed by atoms with van der Waals surface area (Å²) < 4.78 is 9.08. The molecule has 10 heteroatoms. The molecule has 0 atom stereocenters. The van der Waals surface area contributed by atoms with Crippen LogP contribution in [0.5, 0.6) is 5.75 Å². The van der Waals surface area contributed by atoms with Crippen molar-refractivity contribution in [2.24, 2.45) is 4.99 Å². The van der Waals surface area contributed by atoms with E-state index in [1.54, 1.807) is 13.4 Å². The van der Waals surface area contributed by atoms with E-state index >= 15 is 0 Å². The van der Waals surface area contributed by atoms with Crippen LogP contribution in [0.4, 0.5) is 0 Å². The molecule has 1 aromatic carbocycles. The van der Waals surface area contributed by atoms with Gasteiger partial charge in [0.25, 0.3) is 0 Å². The number of rotatable bonds is 9. The van der Waals surface area contributed by atoms with E-state index in [4.69, 9.17) is 4.74 Å². The zero-order valence-electron chi connectivity index (χ0n) is 17.6. The molecule has 2 N–H and O–H groups in total. The highest BCUT2D eigenvalue weighted by Gasteiger charge is 2.04. The fourth-order valence-corrected chi connectivity index (χ4v) is 2.86. The Labute approximate surface area is 194 Å². The van der Waals surface area contributed by atoms with Crippen LogP contribution >= 0.6 is 24.0 Å². The van der Waals surface area contributed by atoms with Gasteiger partial charge in [-0.3, -0.25) is 0 Å². The van der Waals surface area contributed by atoms with E-state index in [1.807, 2.05) is 52.7 Å². The van der Waals surface area contributed by atoms with Crippen molar-refractivity contribution in [1.29, 1.82) is 0 Å². The maximum Gasteiger partial charge on any atom is 0.191 e. The fraction of sp³-hybridized carbons (Fsp3) is 0.400. The molecule has 3 aromatic rings. The van der Waals surface area contributed by atoms with Crippen LogP contribution in [0.25, 0.3) is 5.69 Å². The van der Waals surface area contributed by atoms with Crippen molar-refractivity contribution in [1.82, 2.24) is 35.2 Å². The third kappa shape index (κ3) is 6.44. The minimum absolute atomic E-state index is 0. The second-order valence-electron chi connectivity index (χ2n) is 6.37. The second kappa shape index (κ2) is 12.2. The molecule has 9 nitrogen and oxygen atoms in total. The smallest absolute Gasteiger partial charge is 0.191 e. The van der Waals surface area contributed by atoms with Gasteiger partial charge in [0.05, 0.1) is 25.0 Å². The standard InChI is InChI=1S/C20H28N8O.HI/c1-4-19-25-24-15-27(19)13-11-22-20(21-5-2)23-14-16-10-12-28(26-16)17-6-8-18(29-3)9-7-17;/h6-10,12,15H,4-5,11,13-14H2,1-3H3,(H2,21,22,23);1H. The molecule has 30 heavy (non-hydrogen) atoms. The van der Waals surface area contributed by atoms with E-state index in [0.29, 0.717) is 6.54 Å². The summed E-state index contributed by atoms with van der Waals surface area (Å²) in [5.41, 5.74) is 1.87. The van der Waals surface area contributed by atoms with Crippen molar-refractivity contribution in [3.8, 4) is 11.4 Å². The van der Waals surface area contributed by atoms with E-state index in [0.717, 1.165) is 55.0 Å². The van der Waals surface area contributed by atoms with Gasteiger partial charge in [-0.2, -0.15) is 5.10 Å². The molecule has 0 unspecified atom stereocenters. The third-order valence-corrected chi connectivity index (χ3v) is 4.38. The van der Waals surface area contributed by atoms with Crippen LogP contribution in [-0.4, -0.2) is 50.7 Å². The van der Waals surface area contributed by atoms with Gasteiger partial charge in [-0.25, -0.2) is 9.67 Å². The van der Waals surface area contributed by atoms with E-state index in [2.05, 4.69) is 37.8 Å². The first-order valence-corrected chi connectivity index (χ1v) is 9.81. The van der Waals surface area contributed by atoms with Crippen LogP contribution in [0.15, 0.2) is 47.8 Å². The Morgan fingerprint density at radius 3 is 2.63 bits per heavy atom. The number of aliphatic imine (C=N–C) groups is 1. The molecule has 0 bridgehead atoms. The molecular weight excluding hydrogens is 495 g/mol. The van der Waals surface area contributed by atoms with Crippen molar-refractivity contribution in [3.05, 3.63) is 54.4 Å². The lowest BCUT2D eigenvalue weighted by Crippen LogP contribution is -2.39. The van der Waals surface area contributed by atoms with Crippen LogP contribution in [-0.2, 0) is 19.5 Å². The molecule has 0 aliphatic carbocycles. The van der Waals surface area contributed by atoms with Crippen molar-refractivity contribution in [2.75, 3.05) is 20.2 Å². The summed E-state index contributed by atoms with van der Waals surface area (Å²) in [6.45, 7) is 6.92. The van der Waals surface area contributed by atoms with Crippen LogP contribution in [0.3, 0.4) is 0 Å². The lowest BCUT2D eigenvalue weighted by molar-refractivity contribution is 0.414. The number of aryl methyl sites for hydroxylation is 1. The number of aromatic nitrogens is 5. The van der Waals surface area contributed by atoms with Crippen LogP contribution in [0, 0.1) is 0 Å². The quantitative estimate of drug-likeness (QED) is 0.254. The summed E-state index contributed by atoms with van der Waals surface area (Å²) in [6.07, 6.45) is 4.56. The molecule has 0 saturated carbocycles. The molecule has 0 amide bonds. The van der Waals surface area contributed by atoms with Crippen LogP contribution < -0.4 is 15.4 Å². The Hall–Kier alpha value is -2.63. The molecule has 0 fully saturated rings. The van der Waals surface area contributed by atoms with E-state index in [1.165, 1.54) is 0 Å². The summed E-state index contributed by atoms with van der Waals surface area (Å²) in [6, 6.07) is 9.76. The van der Waals surface area contributed by atoms with Crippen molar-refractivity contribution in [3.63, 3.8) is 0 Å². The molecule has 0 aliphatic heterocycles. The molecular formula is C20H29IN8O. The zero-order chi connectivity index (χ0) is 20.5. The highest BCUT2D eigenvalue weighted by molar-refractivity contribution is 14.0. The number of nitrogens with one attached hydrogen (secondary N) is 2. The Kier molecular flexibility index (Phi) is 9.58. The molecule has 3 rings (SSSR count). The Morgan fingerprint density at radius 1 is 1.13 bits per heavy atom. The summed E-state index contributed by atoms with van der Waals surface area (Å²) in [5, 5.41) is 19.3. The van der Waals surface area contributed by atoms with E-state index in [9.17, 15) is 0 Å². The number of nitrogens with zero attached hydrogens (tertiary/aromatic N) is 6. The van der Waals surface area contributed by atoms with Crippen molar-refractivity contribution >= 4 is 29.9 Å². The maximum absolute atomic E-state index is 5.20. The van der Waals surface area contributed by atoms with Gasteiger partial charge in [-0.05, 0) is 37.3 Å². The number of methoxy groups -OCH3 is 1. The van der Waals surface area contributed by atoms with Gasteiger partial charge < -0.3 is 19.9 Å². The minimum atomic E-state index is 0. The average molecular weight is 524 g/mol. The van der Waals surface area contributed by atoms with Crippen molar-refractivity contribution < 1.29 is 4.74 Å². The molecule has 0 aliphatic rings. The SMILES string of the molecule is CCNC(=NCc1ccn(-c2ccc(OC)cc2)n1)NCCn1cnnc1CC.I. The van der Waals surface area contributed by atoms with Gasteiger partial charge in [-0.15, -0.1) is 34.2 Å². The molecule has 0 spiro atoms. The number of benzene rings is 1. The Morgan fingerprint density at radius 2 is 1.93 bits per heavy atom. The molecule has 2 heterocycles. The van der Waals surface area contributed by atoms with Gasteiger partial charge in [-0.1, -0.05) is 6.92 Å². The molecule has 2 aromatic heterocycles. The van der Waals surface area contributed by atoms with Gasteiger partial charge in [0.2, 0.25) is 0 Å². The zero-order valence-corrected chi connectivity index (χ0v) is 19.9. The average Bonchev–Trinajstić information content (AvgIpc) is 3.41. The van der Waals surface area contributed by atoms with Crippen molar-refractivity contribution in [2.45, 2.75) is 33.4 Å². The summed E-state index contributed by atoms with van der Waals surface area (Å²) in [4.78, 5) is 4.64. The highest BCUT2D eigenvalue weighted by atomic mass is 127. The monoisotopic (exact) mass is 524 g/mol. The number of hydrogen-bond acceptors (Lipinski definition) is 5. The summed E-state index contributed by atoms with van der Waals surface area (Å²) in [7, 11) is 1.66. The van der Waals surface area contributed by atoms with Gasteiger partial charge in [0, 0.05) is 32.3 Å². The normalized spacial score (nSPS) is 11.1. The lowest BCUT2D eigenvalue weighted by Gasteiger charge is -2.12. The largest absolute Gasteiger partial charge is 0.497 e. The number of guanidine groups is 1. The Bertz CT molecular complexity index is 919. The van der Waals surface area contributed by atoms with Crippen LogP contribution in [0.1, 0.15) is 25.4 Å². The van der Waals surface area contributed by atoms with E-state index < -0.39 is 0 Å². The maximum atomic E-state index is 5.20. The van der Waals surface area contributed by atoms with E-state index in [-0.39, 0.29) is 24.0 Å².